The Kier molecular flexibility index (Phi) is 9.92. The van der Waals surface area contributed by atoms with Crippen LogP contribution in [0.4, 0.5) is 0 Å². The molecule has 8 nitrogen and oxygen atoms in total. The van der Waals surface area contributed by atoms with Crippen molar-refractivity contribution in [2.75, 3.05) is 19.8 Å². The van der Waals surface area contributed by atoms with E-state index in [0.717, 1.165) is 41.3 Å². The molecular formula is C30H34BrN3O5. The van der Waals surface area contributed by atoms with Gasteiger partial charge in [0, 0.05) is 16.0 Å². The molecule has 1 heterocycles. The topological polar surface area (TPSA) is 92.0 Å². The van der Waals surface area contributed by atoms with Gasteiger partial charge in [-0.05, 0) is 69.0 Å². The Hall–Kier alpha value is -3.46. The second kappa shape index (κ2) is 13.6. The zero-order chi connectivity index (χ0) is 27.8. The summed E-state index contributed by atoms with van der Waals surface area (Å²) in [6.07, 6.45) is 9.25. The molecular weight excluding hydrogens is 562 g/mol. The van der Waals surface area contributed by atoms with Crippen LogP contribution in [0.15, 0.2) is 57.4 Å². The van der Waals surface area contributed by atoms with Gasteiger partial charge in [0.1, 0.15) is 5.82 Å². The number of carbonyl (C=O) groups is 1. The lowest BCUT2D eigenvalue weighted by molar-refractivity contribution is -0.145. The number of ether oxygens (including phenoxy) is 3. The number of benzene rings is 2. The Morgan fingerprint density at radius 1 is 1.15 bits per heavy atom. The molecule has 1 aliphatic carbocycles. The van der Waals surface area contributed by atoms with Crippen molar-refractivity contribution >= 4 is 39.0 Å². The molecule has 0 N–H and O–H groups in total. The van der Waals surface area contributed by atoms with Crippen LogP contribution in [-0.2, 0) is 16.0 Å². The first-order valence-electron chi connectivity index (χ1n) is 13.4. The van der Waals surface area contributed by atoms with Gasteiger partial charge in [-0.3, -0.25) is 4.79 Å². The van der Waals surface area contributed by atoms with Crippen LogP contribution in [-0.4, -0.2) is 41.7 Å². The Labute approximate surface area is 236 Å². The molecule has 0 aliphatic heterocycles. The average molecular weight is 597 g/mol. The summed E-state index contributed by atoms with van der Waals surface area (Å²) >= 11 is 3.47. The summed E-state index contributed by atoms with van der Waals surface area (Å²) in [6.45, 7) is 7.92. The lowest BCUT2D eigenvalue weighted by atomic mass is 9.88. The summed E-state index contributed by atoms with van der Waals surface area (Å²) in [5, 5.41) is 5.17. The van der Waals surface area contributed by atoms with E-state index in [1.54, 1.807) is 31.3 Å². The van der Waals surface area contributed by atoms with Crippen molar-refractivity contribution in [2.24, 2.45) is 5.10 Å². The summed E-state index contributed by atoms with van der Waals surface area (Å²) < 4.78 is 18.9. The van der Waals surface area contributed by atoms with Crippen LogP contribution in [0.3, 0.4) is 0 Å². The summed E-state index contributed by atoms with van der Waals surface area (Å²) in [6, 6.07) is 9.23. The van der Waals surface area contributed by atoms with Gasteiger partial charge in [-0.25, -0.2) is 9.78 Å². The average Bonchev–Trinajstić information content (AvgIpc) is 2.93. The number of aromatic nitrogens is 2. The Bertz CT molecular complexity index is 1430. The first kappa shape index (κ1) is 28.5. The van der Waals surface area contributed by atoms with E-state index < -0.39 is 5.97 Å². The third-order valence-electron chi connectivity index (χ3n) is 6.58. The normalized spacial score (nSPS) is 14.0. The Morgan fingerprint density at radius 3 is 2.67 bits per heavy atom. The highest BCUT2D eigenvalue weighted by Gasteiger charge is 2.23. The van der Waals surface area contributed by atoms with Gasteiger partial charge >= 0.3 is 5.97 Å². The molecule has 1 fully saturated rings. The molecule has 0 radical (unpaired) electrons. The van der Waals surface area contributed by atoms with Crippen LogP contribution >= 0.6 is 15.9 Å². The highest BCUT2D eigenvalue weighted by Crippen LogP contribution is 2.34. The first-order valence-corrected chi connectivity index (χ1v) is 14.2. The maximum Gasteiger partial charge on any atom is 0.344 e. The van der Waals surface area contributed by atoms with Crippen LogP contribution in [0.2, 0.25) is 0 Å². The number of halogens is 1. The predicted molar refractivity (Wildman–Crippen MR) is 156 cm³/mol. The van der Waals surface area contributed by atoms with Gasteiger partial charge in [-0.2, -0.15) is 9.78 Å². The molecule has 1 aliphatic rings. The van der Waals surface area contributed by atoms with E-state index in [9.17, 15) is 9.59 Å². The number of esters is 1. The number of hydrogen-bond acceptors (Lipinski definition) is 7. The molecule has 4 rings (SSSR count). The van der Waals surface area contributed by atoms with Crippen LogP contribution in [0.1, 0.15) is 68.8 Å². The molecule has 0 amide bonds. The maximum absolute atomic E-state index is 13.6. The van der Waals surface area contributed by atoms with Crippen molar-refractivity contribution in [2.45, 2.75) is 58.3 Å². The van der Waals surface area contributed by atoms with E-state index >= 15 is 0 Å². The molecule has 0 spiro atoms. The third-order valence-corrected chi connectivity index (χ3v) is 7.08. The molecule has 1 saturated carbocycles. The minimum absolute atomic E-state index is 0.172. The summed E-state index contributed by atoms with van der Waals surface area (Å²) in [7, 11) is 0. The fourth-order valence-electron chi connectivity index (χ4n) is 4.85. The highest BCUT2D eigenvalue weighted by molar-refractivity contribution is 9.10. The van der Waals surface area contributed by atoms with Gasteiger partial charge in [0.15, 0.2) is 18.1 Å². The lowest BCUT2D eigenvalue weighted by Gasteiger charge is -2.22. The smallest absolute Gasteiger partial charge is 0.344 e. The summed E-state index contributed by atoms with van der Waals surface area (Å²) in [4.78, 5) is 30.5. The minimum atomic E-state index is -0.458. The molecule has 9 heteroatoms. The van der Waals surface area contributed by atoms with Gasteiger partial charge in [0.25, 0.3) is 5.56 Å². The van der Waals surface area contributed by atoms with E-state index in [1.807, 2.05) is 25.1 Å². The van der Waals surface area contributed by atoms with Crippen LogP contribution < -0.4 is 15.0 Å². The van der Waals surface area contributed by atoms with E-state index in [1.165, 1.54) is 11.1 Å². The second-order valence-electron chi connectivity index (χ2n) is 9.35. The quantitative estimate of drug-likeness (QED) is 0.150. The summed E-state index contributed by atoms with van der Waals surface area (Å²) in [5.41, 5.74) is 1.96. The third kappa shape index (κ3) is 6.95. The maximum atomic E-state index is 13.6. The second-order valence-corrected chi connectivity index (χ2v) is 10.3. The minimum Gasteiger partial charge on any atom is -0.490 e. The molecule has 0 unspecified atom stereocenters. The molecule has 39 heavy (non-hydrogen) atoms. The molecule has 1 aromatic heterocycles. The van der Waals surface area contributed by atoms with Crippen molar-refractivity contribution in [3.8, 4) is 11.5 Å². The number of rotatable bonds is 11. The largest absolute Gasteiger partial charge is 0.490 e. The van der Waals surface area contributed by atoms with Gasteiger partial charge in [0.05, 0.1) is 30.3 Å². The monoisotopic (exact) mass is 595 g/mol. The van der Waals surface area contributed by atoms with Crippen molar-refractivity contribution in [3.05, 3.63) is 74.8 Å². The lowest BCUT2D eigenvalue weighted by Crippen LogP contribution is -2.25. The van der Waals surface area contributed by atoms with E-state index in [0.29, 0.717) is 41.3 Å². The van der Waals surface area contributed by atoms with Crippen molar-refractivity contribution in [1.29, 1.82) is 0 Å². The van der Waals surface area contributed by atoms with Crippen molar-refractivity contribution in [1.82, 2.24) is 9.66 Å². The zero-order valence-corrected chi connectivity index (χ0v) is 24.0. The fourth-order valence-corrected chi connectivity index (χ4v) is 5.21. The number of nitrogens with zero attached hydrogens (tertiary/aromatic N) is 3. The van der Waals surface area contributed by atoms with E-state index in [-0.39, 0.29) is 24.7 Å². The molecule has 0 bridgehead atoms. The van der Waals surface area contributed by atoms with E-state index in [4.69, 9.17) is 19.2 Å². The van der Waals surface area contributed by atoms with Gasteiger partial charge in [-0.1, -0.05) is 41.3 Å². The SMILES string of the molecule is C=CCc1cc(C=Nn2c(C3CCCCC3)nc3ccc(Br)cc3c2=O)cc(OCC)c1OCC(=O)OCC. The van der Waals surface area contributed by atoms with Gasteiger partial charge < -0.3 is 14.2 Å². The van der Waals surface area contributed by atoms with E-state index in [2.05, 4.69) is 27.6 Å². The number of fused-ring (bicyclic) bond motifs is 1. The number of carbonyl (C=O) groups excluding carboxylic acids is 1. The van der Waals surface area contributed by atoms with Crippen molar-refractivity contribution < 1.29 is 19.0 Å². The molecule has 0 saturated heterocycles. The fraction of sp³-hybridized carbons (Fsp3) is 0.400. The standard InChI is InChI=1S/C30H34BrN3O5/c1-4-10-22-15-20(16-26(37-5-2)28(22)39-19-27(35)38-6-3)18-32-34-29(21-11-8-7-9-12-21)33-25-14-13-23(31)17-24(25)30(34)36/h4,13-18,21H,1,5-12,19H2,2-3H3. The van der Waals surface area contributed by atoms with Crippen LogP contribution in [0, 0.1) is 0 Å². The highest BCUT2D eigenvalue weighted by atomic mass is 79.9. The molecule has 3 aromatic rings. The van der Waals surface area contributed by atoms with Gasteiger partial charge in [-0.15, -0.1) is 6.58 Å². The summed E-state index contributed by atoms with van der Waals surface area (Å²) in [5.74, 6) is 1.34. The predicted octanol–water partition coefficient (Wildman–Crippen LogP) is 6.16. The first-order chi connectivity index (χ1) is 18.9. The van der Waals surface area contributed by atoms with Crippen molar-refractivity contribution in [3.63, 3.8) is 0 Å². The number of hydrogen-bond donors (Lipinski definition) is 0. The van der Waals surface area contributed by atoms with Gasteiger partial charge in [0.2, 0.25) is 0 Å². The molecule has 0 atom stereocenters. The van der Waals surface area contributed by atoms with Crippen LogP contribution in [0.5, 0.6) is 11.5 Å². The Balaban J connectivity index is 1.78. The molecule has 206 valence electrons. The number of allylic oxidation sites excluding steroid dienone is 1. The molecule has 2 aromatic carbocycles. The van der Waals surface area contributed by atoms with Crippen LogP contribution in [0.25, 0.3) is 10.9 Å². The zero-order valence-electron chi connectivity index (χ0n) is 22.5. The Morgan fingerprint density at radius 2 is 1.95 bits per heavy atom.